The molecule has 1 saturated carbocycles. The molecule has 3 rings (SSSR count). The van der Waals surface area contributed by atoms with Crippen LogP contribution in [0.3, 0.4) is 0 Å². The summed E-state index contributed by atoms with van der Waals surface area (Å²) in [6.45, 7) is 0.953. The predicted octanol–water partition coefficient (Wildman–Crippen LogP) is 1.17. The van der Waals surface area contributed by atoms with E-state index in [1.165, 1.54) is 0 Å². The largest absolute Gasteiger partial charge is 0.508 e. The molecule has 1 aliphatic heterocycles. The molecule has 2 fully saturated rings. The molecule has 0 radical (unpaired) electrons. The zero-order chi connectivity index (χ0) is 13.4. The summed E-state index contributed by atoms with van der Waals surface area (Å²) in [6, 6.07) is 7.00. The fourth-order valence-corrected chi connectivity index (χ4v) is 3.64. The number of rotatable bonds is 3. The zero-order valence-electron chi connectivity index (χ0n) is 10.9. The van der Waals surface area contributed by atoms with E-state index < -0.39 is 6.10 Å². The lowest BCUT2D eigenvalue weighted by molar-refractivity contribution is 0.136. The number of aliphatic hydroxyl groups excluding tert-OH is 2. The summed E-state index contributed by atoms with van der Waals surface area (Å²) in [5, 5.41) is 32.7. The molecule has 1 heterocycles. The lowest BCUT2D eigenvalue weighted by atomic mass is 9.89. The van der Waals surface area contributed by atoms with Crippen LogP contribution in [0.2, 0.25) is 0 Å². The molecule has 19 heavy (non-hydrogen) atoms. The van der Waals surface area contributed by atoms with Gasteiger partial charge in [-0.3, -0.25) is 0 Å². The van der Waals surface area contributed by atoms with Crippen molar-refractivity contribution >= 4 is 0 Å². The number of phenols is 1. The van der Waals surface area contributed by atoms with Crippen molar-refractivity contribution in [2.75, 3.05) is 6.54 Å². The number of aliphatic hydroxyl groups is 2. The summed E-state index contributed by atoms with van der Waals surface area (Å²) >= 11 is 0. The summed E-state index contributed by atoms with van der Waals surface area (Å²) in [7, 11) is 0. The number of nitrogens with one attached hydrogen (secondary N) is 1. The van der Waals surface area contributed by atoms with Crippen LogP contribution in [0.25, 0.3) is 0 Å². The molecule has 2 aliphatic rings. The van der Waals surface area contributed by atoms with Crippen molar-refractivity contribution in [1.29, 1.82) is 0 Å². The Kier molecular flexibility index (Phi) is 3.48. The summed E-state index contributed by atoms with van der Waals surface area (Å²) in [5.41, 5.74) is 0.835. The van der Waals surface area contributed by atoms with Gasteiger partial charge in [-0.15, -0.1) is 0 Å². The first-order valence-corrected chi connectivity index (χ1v) is 7.02. The molecule has 1 saturated heterocycles. The molecule has 4 heteroatoms. The molecule has 4 nitrogen and oxygen atoms in total. The molecule has 1 aromatic rings. The van der Waals surface area contributed by atoms with Gasteiger partial charge in [0.25, 0.3) is 0 Å². The predicted molar refractivity (Wildman–Crippen MR) is 71.7 cm³/mol. The third kappa shape index (κ3) is 2.61. The quantitative estimate of drug-likeness (QED) is 0.660. The highest BCUT2D eigenvalue weighted by Crippen LogP contribution is 2.40. The molecule has 0 bridgehead atoms. The van der Waals surface area contributed by atoms with E-state index in [1.54, 1.807) is 24.3 Å². The minimum absolute atomic E-state index is 0.162. The van der Waals surface area contributed by atoms with Crippen molar-refractivity contribution in [3.05, 3.63) is 29.8 Å². The van der Waals surface area contributed by atoms with E-state index in [0.717, 1.165) is 24.9 Å². The number of benzene rings is 1. The Hall–Kier alpha value is -1.10. The molecule has 104 valence electrons. The third-order valence-electron chi connectivity index (χ3n) is 4.64. The van der Waals surface area contributed by atoms with Crippen molar-refractivity contribution in [2.45, 2.75) is 37.5 Å². The van der Waals surface area contributed by atoms with E-state index in [2.05, 4.69) is 5.32 Å². The van der Waals surface area contributed by atoms with Crippen molar-refractivity contribution in [1.82, 2.24) is 5.32 Å². The van der Waals surface area contributed by atoms with Crippen molar-refractivity contribution in [3.8, 4) is 5.75 Å². The lowest BCUT2D eigenvalue weighted by Crippen LogP contribution is -2.29. The molecule has 5 atom stereocenters. The Labute approximate surface area is 113 Å². The molecule has 1 aliphatic carbocycles. The van der Waals surface area contributed by atoms with Gasteiger partial charge >= 0.3 is 0 Å². The van der Waals surface area contributed by atoms with Crippen molar-refractivity contribution < 1.29 is 15.3 Å². The van der Waals surface area contributed by atoms with E-state index in [4.69, 9.17) is 0 Å². The topological polar surface area (TPSA) is 72.7 Å². The van der Waals surface area contributed by atoms with Crippen LogP contribution in [0.1, 0.15) is 30.9 Å². The van der Waals surface area contributed by atoms with Crippen LogP contribution < -0.4 is 5.32 Å². The summed E-state index contributed by atoms with van der Waals surface area (Å²) in [4.78, 5) is 0. The van der Waals surface area contributed by atoms with Gasteiger partial charge in [-0.05, 0) is 55.3 Å². The molecule has 4 N–H and O–H groups in total. The van der Waals surface area contributed by atoms with Gasteiger partial charge in [-0.25, -0.2) is 0 Å². The van der Waals surface area contributed by atoms with Crippen molar-refractivity contribution in [3.63, 3.8) is 0 Å². The number of hydrogen-bond donors (Lipinski definition) is 4. The van der Waals surface area contributed by atoms with Crippen molar-refractivity contribution in [2.24, 2.45) is 11.8 Å². The van der Waals surface area contributed by atoms with Gasteiger partial charge in [0.2, 0.25) is 0 Å². The summed E-state index contributed by atoms with van der Waals surface area (Å²) in [6.07, 6.45) is 1.73. The highest BCUT2D eigenvalue weighted by molar-refractivity contribution is 5.27. The number of aromatic hydroxyl groups is 1. The maximum Gasteiger partial charge on any atom is 0.115 e. The maximum absolute atomic E-state index is 10.3. The molecule has 0 amide bonds. The van der Waals surface area contributed by atoms with Crippen LogP contribution in [-0.2, 0) is 0 Å². The highest BCUT2D eigenvalue weighted by atomic mass is 16.3. The zero-order valence-corrected chi connectivity index (χ0v) is 10.9. The van der Waals surface area contributed by atoms with Gasteiger partial charge in [0.15, 0.2) is 0 Å². The smallest absolute Gasteiger partial charge is 0.115 e. The Balaban J connectivity index is 1.63. The molecule has 1 aromatic carbocycles. The van der Waals surface area contributed by atoms with Gasteiger partial charge < -0.3 is 20.6 Å². The molecular weight excluding hydrogens is 242 g/mol. The van der Waals surface area contributed by atoms with Crippen LogP contribution >= 0.6 is 0 Å². The average molecular weight is 263 g/mol. The second kappa shape index (κ2) is 5.12. The van der Waals surface area contributed by atoms with Gasteiger partial charge in [0.1, 0.15) is 5.75 Å². The van der Waals surface area contributed by atoms with Crippen LogP contribution in [0.4, 0.5) is 0 Å². The Morgan fingerprint density at radius 2 is 1.95 bits per heavy atom. The van der Waals surface area contributed by atoms with Gasteiger partial charge in [-0.1, -0.05) is 12.1 Å². The molecule has 0 spiro atoms. The Morgan fingerprint density at radius 1 is 1.21 bits per heavy atom. The first kappa shape index (κ1) is 12.9. The van der Waals surface area contributed by atoms with Crippen LogP contribution in [0.15, 0.2) is 24.3 Å². The lowest BCUT2D eigenvalue weighted by Gasteiger charge is -2.22. The monoisotopic (exact) mass is 263 g/mol. The standard InChI is InChI=1S/C15H21NO3/c17-11-3-1-9(2-4-11)15(19)7-14-13-6-12(18)5-10(13)8-16-14/h1-4,10,12-19H,5-8H2/t10?,12?,13?,14?,15-/m0/s1. The third-order valence-corrected chi connectivity index (χ3v) is 4.64. The summed E-state index contributed by atoms with van der Waals surface area (Å²) in [5.74, 6) is 1.27. The fraction of sp³-hybridized carbons (Fsp3) is 0.600. The van der Waals surface area contributed by atoms with Gasteiger partial charge in [-0.2, -0.15) is 0 Å². The number of hydrogen-bond acceptors (Lipinski definition) is 4. The first-order chi connectivity index (χ1) is 9.13. The van der Waals surface area contributed by atoms with E-state index in [0.29, 0.717) is 18.3 Å². The van der Waals surface area contributed by atoms with Crippen LogP contribution in [0.5, 0.6) is 5.75 Å². The number of fused-ring (bicyclic) bond motifs is 1. The minimum Gasteiger partial charge on any atom is -0.508 e. The highest BCUT2D eigenvalue weighted by Gasteiger charge is 2.43. The maximum atomic E-state index is 10.3. The second-order valence-electron chi connectivity index (χ2n) is 5.91. The van der Waals surface area contributed by atoms with Gasteiger partial charge in [0.05, 0.1) is 12.2 Å². The van der Waals surface area contributed by atoms with E-state index in [9.17, 15) is 15.3 Å². The fourth-order valence-electron chi connectivity index (χ4n) is 3.64. The number of phenolic OH excluding ortho intramolecular Hbond substituents is 1. The Bertz CT molecular complexity index is 434. The molecule has 0 aromatic heterocycles. The summed E-state index contributed by atoms with van der Waals surface area (Å²) < 4.78 is 0. The SMILES string of the molecule is Oc1ccc([C@@H](O)CC2NCC3CC(O)CC32)cc1. The van der Waals surface area contributed by atoms with Crippen LogP contribution in [0, 0.1) is 11.8 Å². The van der Waals surface area contributed by atoms with Crippen LogP contribution in [-0.4, -0.2) is 34.0 Å². The van der Waals surface area contributed by atoms with Gasteiger partial charge in [0, 0.05) is 6.04 Å². The normalized spacial score (nSPS) is 35.3. The minimum atomic E-state index is -0.519. The first-order valence-electron chi connectivity index (χ1n) is 7.02. The molecule has 4 unspecified atom stereocenters. The Morgan fingerprint density at radius 3 is 2.68 bits per heavy atom. The van der Waals surface area contributed by atoms with E-state index in [1.807, 2.05) is 0 Å². The van der Waals surface area contributed by atoms with E-state index in [-0.39, 0.29) is 17.9 Å². The van der Waals surface area contributed by atoms with E-state index >= 15 is 0 Å². The molecular formula is C15H21NO3. The second-order valence-corrected chi connectivity index (χ2v) is 5.91. The average Bonchev–Trinajstić information content (AvgIpc) is 2.91.